The number of aryl methyl sites for hydroxylation is 2. The number of rotatable bonds is 6. The summed E-state index contributed by atoms with van der Waals surface area (Å²) >= 11 is 0. The molecule has 3 nitrogen and oxygen atoms in total. The van der Waals surface area contributed by atoms with Gasteiger partial charge in [0, 0.05) is 43.3 Å². The third kappa shape index (κ3) is 2.82. The van der Waals surface area contributed by atoms with Gasteiger partial charge in [0.2, 0.25) is 0 Å². The number of nitrogens with zero attached hydrogens (tertiary/aromatic N) is 1. The van der Waals surface area contributed by atoms with Crippen LogP contribution in [0.5, 0.6) is 0 Å². The Morgan fingerprint density at radius 1 is 1.26 bits per heavy atom. The van der Waals surface area contributed by atoms with Gasteiger partial charge >= 0.3 is 0 Å². The summed E-state index contributed by atoms with van der Waals surface area (Å²) in [6.45, 7) is 10.2. The van der Waals surface area contributed by atoms with Crippen LogP contribution in [-0.2, 0) is 17.8 Å². The number of nitrogens with one attached hydrogen (secondary N) is 1. The number of aromatic nitrogens is 1. The largest absolute Gasteiger partial charge is 0.383 e. The summed E-state index contributed by atoms with van der Waals surface area (Å²) in [6.07, 6.45) is 0. The van der Waals surface area contributed by atoms with Crippen molar-refractivity contribution >= 4 is 10.9 Å². The van der Waals surface area contributed by atoms with Crippen molar-refractivity contribution in [3.8, 4) is 0 Å². The van der Waals surface area contributed by atoms with E-state index in [0.717, 1.165) is 26.2 Å². The maximum Gasteiger partial charge on any atom is 0.0587 e. The zero-order chi connectivity index (χ0) is 13.8. The number of methoxy groups -OCH3 is 1. The minimum atomic E-state index is 0.757. The minimum Gasteiger partial charge on any atom is -0.383 e. The lowest BCUT2D eigenvalue weighted by molar-refractivity contribution is 0.199. The summed E-state index contributed by atoms with van der Waals surface area (Å²) in [7, 11) is 1.73. The number of benzene rings is 1. The molecule has 1 N–H and O–H groups in total. The van der Waals surface area contributed by atoms with E-state index in [9.17, 15) is 0 Å². The zero-order valence-electron chi connectivity index (χ0n) is 12.4. The molecule has 0 fully saturated rings. The molecule has 0 unspecified atom stereocenters. The molecular formula is C16H24N2O. The Morgan fingerprint density at radius 2 is 2.05 bits per heavy atom. The van der Waals surface area contributed by atoms with E-state index >= 15 is 0 Å². The van der Waals surface area contributed by atoms with Gasteiger partial charge < -0.3 is 14.6 Å². The van der Waals surface area contributed by atoms with Crippen molar-refractivity contribution in [3.05, 3.63) is 35.0 Å². The lowest BCUT2D eigenvalue weighted by Gasteiger charge is -2.06. The quantitative estimate of drug-likeness (QED) is 0.808. The van der Waals surface area contributed by atoms with Gasteiger partial charge in [-0.2, -0.15) is 0 Å². The second-order valence-electron chi connectivity index (χ2n) is 4.98. The Morgan fingerprint density at radius 3 is 2.74 bits per heavy atom. The van der Waals surface area contributed by atoms with Crippen LogP contribution in [0.1, 0.15) is 23.7 Å². The molecule has 2 rings (SSSR count). The van der Waals surface area contributed by atoms with Crippen molar-refractivity contribution in [2.24, 2.45) is 0 Å². The van der Waals surface area contributed by atoms with Crippen molar-refractivity contribution in [1.29, 1.82) is 0 Å². The Kier molecular flexibility index (Phi) is 4.61. The Hall–Kier alpha value is -1.32. The van der Waals surface area contributed by atoms with Crippen molar-refractivity contribution in [2.75, 3.05) is 20.3 Å². The first-order chi connectivity index (χ1) is 9.19. The van der Waals surface area contributed by atoms with Gasteiger partial charge in [0.05, 0.1) is 6.61 Å². The second-order valence-corrected chi connectivity index (χ2v) is 4.98. The number of ether oxygens (including phenoxy) is 1. The van der Waals surface area contributed by atoms with Gasteiger partial charge in [-0.1, -0.05) is 6.07 Å². The summed E-state index contributed by atoms with van der Waals surface area (Å²) in [5.41, 5.74) is 5.45. The van der Waals surface area contributed by atoms with Gasteiger partial charge in [-0.3, -0.25) is 0 Å². The molecule has 0 saturated heterocycles. The predicted octanol–water partition coefficient (Wildman–Crippen LogP) is 3.01. The summed E-state index contributed by atoms with van der Waals surface area (Å²) in [4.78, 5) is 0. The third-order valence-corrected chi connectivity index (χ3v) is 3.83. The van der Waals surface area contributed by atoms with Crippen LogP contribution in [0, 0.1) is 13.8 Å². The predicted molar refractivity (Wildman–Crippen MR) is 80.7 cm³/mol. The Bertz CT molecular complexity index is 557. The Labute approximate surface area is 115 Å². The van der Waals surface area contributed by atoms with Crippen LogP contribution in [0.15, 0.2) is 18.2 Å². The zero-order valence-corrected chi connectivity index (χ0v) is 12.4. The highest BCUT2D eigenvalue weighted by atomic mass is 16.5. The fourth-order valence-corrected chi connectivity index (χ4v) is 2.62. The molecule has 0 amide bonds. The molecule has 1 aromatic carbocycles. The topological polar surface area (TPSA) is 26.2 Å². The fraction of sp³-hybridized carbons (Fsp3) is 0.500. The molecule has 1 aromatic heterocycles. The molecule has 0 atom stereocenters. The maximum atomic E-state index is 5.04. The van der Waals surface area contributed by atoms with Gasteiger partial charge in [-0.25, -0.2) is 0 Å². The molecule has 0 aliphatic carbocycles. The first-order valence-electron chi connectivity index (χ1n) is 6.97. The van der Waals surface area contributed by atoms with E-state index in [2.05, 4.69) is 48.9 Å². The number of fused-ring (bicyclic) bond motifs is 1. The maximum absolute atomic E-state index is 5.04. The Balaban J connectivity index is 2.23. The van der Waals surface area contributed by atoms with E-state index < -0.39 is 0 Å². The van der Waals surface area contributed by atoms with Gasteiger partial charge in [-0.05, 0) is 44.0 Å². The average Bonchev–Trinajstić information content (AvgIpc) is 2.67. The molecule has 104 valence electrons. The summed E-state index contributed by atoms with van der Waals surface area (Å²) in [5.74, 6) is 0. The van der Waals surface area contributed by atoms with Gasteiger partial charge in [0.15, 0.2) is 0 Å². The SMILES string of the molecule is CCn1c(C)c(C)c2cc(CNCCOC)ccc21. The smallest absolute Gasteiger partial charge is 0.0587 e. The molecule has 0 bridgehead atoms. The van der Waals surface area contributed by atoms with Gasteiger partial charge in [0.25, 0.3) is 0 Å². The summed E-state index contributed by atoms with van der Waals surface area (Å²) in [6, 6.07) is 6.77. The summed E-state index contributed by atoms with van der Waals surface area (Å²) < 4.78 is 7.42. The molecule has 19 heavy (non-hydrogen) atoms. The molecule has 0 aliphatic rings. The highest BCUT2D eigenvalue weighted by Gasteiger charge is 2.09. The van der Waals surface area contributed by atoms with E-state index in [0.29, 0.717) is 0 Å². The van der Waals surface area contributed by atoms with Crippen LogP contribution in [0.4, 0.5) is 0 Å². The highest BCUT2D eigenvalue weighted by Crippen LogP contribution is 2.26. The van der Waals surface area contributed by atoms with E-state index in [1.165, 1.54) is 27.7 Å². The van der Waals surface area contributed by atoms with Crippen molar-refractivity contribution in [1.82, 2.24) is 9.88 Å². The first kappa shape index (κ1) is 14.1. The molecule has 3 heteroatoms. The fourth-order valence-electron chi connectivity index (χ4n) is 2.62. The van der Waals surface area contributed by atoms with Crippen LogP contribution < -0.4 is 5.32 Å². The standard InChI is InChI=1S/C16H24N2O/c1-5-18-13(3)12(2)15-10-14(6-7-16(15)18)11-17-8-9-19-4/h6-7,10,17H,5,8-9,11H2,1-4H3. The third-order valence-electron chi connectivity index (χ3n) is 3.83. The van der Waals surface area contributed by atoms with E-state index in [4.69, 9.17) is 4.74 Å². The van der Waals surface area contributed by atoms with Crippen LogP contribution >= 0.6 is 0 Å². The lowest BCUT2D eigenvalue weighted by Crippen LogP contribution is -2.18. The van der Waals surface area contributed by atoms with E-state index in [1.807, 2.05) is 0 Å². The van der Waals surface area contributed by atoms with Crippen LogP contribution in [0.2, 0.25) is 0 Å². The van der Waals surface area contributed by atoms with Crippen molar-refractivity contribution < 1.29 is 4.74 Å². The molecule has 1 heterocycles. The average molecular weight is 260 g/mol. The van der Waals surface area contributed by atoms with E-state index in [-0.39, 0.29) is 0 Å². The van der Waals surface area contributed by atoms with Gasteiger partial charge in [0.1, 0.15) is 0 Å². The van der Waals surface area contributed by atoms with Crippen molar-refractivity contribution in [3.63, 3.8) is 0 Å². The van der Waals surface area contributed by atoms with Crippen LogP contribution in [-0.4, -0.2) is 24.8 Å². The molecule has 0 spiro atoms. The van der Waals surface area contributed by atoms with Gasteiger partial charge in [-0.15, -0.1) is 0 Å². The van der Waals surface area contributed by atoms with E-state index in [1.54, 1.807) is 7.11 Å². The molecule has 0 saturated carbocycles. The molecular weight excluding hydrogens is 236 g/mol. The first-order valence-corrected chi connectivity index (χ1v) is 6.97. The van der Waals surface area contributed by atoms with Crippen molar-refractivity contribution in [2.45, 2.75) is 33.9 Å². The minimum absolute atomic E-state index is 0.757. The summed E-state index contributed by atoms with van der Waals surface area (Å²) in [5, 5.41) is 4.77. The lowest BCUT2D eigenvalue weighted by atomic mass is 10.1. The van der Waals surface area contributed by atoms with Crippen LogP contribution in [0.25, 0.3) is 10.9 Å². The second kappa shape index (κ2) is 6.22. The molecule has 0 aliphatic heterocycles. The highest BCUT2D eigenvalue weighted by molar-refractivity contribution is 5.86. The normalized spacial score (nSPS) is 11.4. The number of hydrogen-bond donors (Lipinski definition) is 1. The molecule has 0 radical (unpaired) electrons. The molecule has 2 aromatic rings. The number of hydrogen-bond acceptors (Lipinski definition) is 2. The van der Waals surface area contributed by atoms with Crippen LogP contribution in [0.3, 0.4) is 0 Å². The monoisotopic (exact) mass is 260 g/mol.